The Bertz CT molecular complexity index is 653. The zero-order valence-corrected chi connectivity index (χ0v) is 14.0. The van der Waals surface area contributed by atoms with Crippen molar-refractivity contribution >= 4 is 11.6 Å². The van der Waals surface area contributed by atoms with Crippen molar-refractivity contribution in [2.45, 2.75) is 20.3 Å². The van der Waals surface area contributed by atoms with Gasteiger partial charge >= 0.3 is 0 Å². The third-order valence-corrected chi connectivity index (χ3v) is 3.62. The summed E-state index contributed by atoms with van der Waals surface area (Å²) in [5.41, 5.74) is 1.35. The Morgan fingerprint density at radius 1 is 1.35 bits per heavy atom. The van der Waals surface area contributed by atoms with E-state index < -0.39 is 0 Å². The van der Waals surface area contributed by atoms with Crippen LogP contribution in [-0.2, 0) is 11.8 Å². The van der Waals surface area contributed by atoms with E-state index in [1.807, 2.05) is 44.2 Å². The highest BCUT2D eigenvalue weighted by Gasteiger charge is 2.20. The molecule has 0 bridgehead atoms. The minimum atomic E-state index is -0.178. The SMILES string of the molecule is COc1c(NC(=O)[C@H](C)CCOc2ccccc2)c(C)nn1C. The number of nitrogens with one attached hydrogen (secondary N) is 1. The van der Waals surface area contributed by atoms with Crippen molar-refractivity contribution in [3.63, 3.8) is 0 Å². The summed E-state index contributed by atoms with van der Waals surface area (Å²) < 4.78 is 12.5. The van der Waals surface area contributed by atoms with Crippen molar-refractivity contribution in [3.8, 4) is 11.6 Å². The molecule has 0 spiro atoms. The summed E-state index contributed by atoms with van der Waals surface area (Å²) in [7, 11) is 3.34. The number of carbonyl (C=O) groups is 1. The molecule has 0 saturated heterocycles. The average molecular weight is 317 g/mol. The van der Waals surface area contributed by atoms with Crippen LogP contribution in [0.3, 0.4) is 0 Å². The number of benzene rings is 1. The van der Waals surface area contributed by atoms with Crippen LogP contribution in [0, 0.1) is 12.8 Å². The maximum Gasteiger partial charge on any atom is 0.236 e. The van der Waals surface area contributed by atoms with Gasteiger partial charge in [0.15, 0.2) is 0 Å². The Balaban J connectivity index is 1.88. The summed E-state index contributed by atoms with van der Waals surface area (Å²) in [6.07, 6.45) is 0.627. The lowest BCUT2D eigenvalue weighted by Gasteiger charge is -2.13. The third kappa shape index (κ3) is 4.25. The van der Waals surface area contributed by atoms with E-state index in [0.29, 0.717) is 24.6 Å². The van der Waals surface area contributed by atoms with Gasteiger partial charge in [-0.3, -0.25) is 4.79 Å². The predicted molar refractivity (Wildman–Crippen MR) is 88.8 cm³/mol. The summed E-state index contributed by atoms with van der Waals surface area (Å²) in [5, 5.41) is 7.14. The number of rotatable bonds is 7. The van der Waals surface area contributed by atoms with Gasteiger partial charge in [0.05, 0.1) is 19.4 Å². The number of anilines is 1. The van der Waals surface area contributed by atoms with Gasteiger partial charge in [-0.05, 0) is 25.5 Å². The number of carbonyl (C=O) groups excluding carboxylic acids is 1. The van der Waals surface area contributed by atoms with Gasteiger partial charge in [-0.25, -0.2) is 4.68 Å². The molecule has 1 heterocycles. The first-order valence-corrected chi connectivity index (χ1v) is 7.59. The summed E-state index contributed by atoms with van der Waals surface area (Å²) in [5.74, 6) is 1.10. The van der Waals surface area contributed by atoms with Crippen molar-refractivity contribution in [2.24, 2.45) is 13.0 Å². The van der Waals surface area contributed by atoms with Crippen LogP contribution in [-0.4, -0.2) is 29.4 Å². The molecule has 23 heavy (non-hydrogen) atoms. The second-order valence-corrected chi connectivity index (χ2v) is 5.43. The van der Waals surface area contributed by atoms with Crippen molar-refractivity contribution in [3.05, 3.63) is 36.0 Å². The van der Waals surface area contributed by atoms with E-state index in [0.717, 1.165) is 11.4 Å². The predicted octanol–water partition coefficient (Wildman–Crippen LogP) is 2.78. The smallest absolute Gasteiger partial charge is 0.236 e. The van der Waals surface area contributed by atoms with Crippen LogP contribution in [0.1, 0.15) is 19.0 Å². The molecule has 2 aromatic rings. The Morgan fingerprint density at radius 2 is 2.04 bits per heavy atom. The first-order chi connectivity index (χ1) is 11.0. The molecule has 2 rings (SSSR count). The number of aromatic nitrogens is 2. The number of para-hydroxylation sites is 1. The van der Waals surface area contributed by atoms with Gasteiger partial charge in [0.1, 0.15) is 11.4 Å². The third-order valence-electron chi connectivity index (χ3n) is 3.62. The van der Waals surface area contributed by atoms with E-state index >= 15 is 0 Å². The highest BCUT2D eigenvalue weighted by Crippen LogP contribution is 2.27. The van der Waals surface area contributed by atoms with Gasteiger partial charge in [-0.1, -0.05) is 25.1 Å². The molecule has 6 nitrogen and oxygen atoms in total. The lowest BCUT2D eigenvalue weighted by Crippen LogP contribution is -2.22. The van der Waals surface area contributed by atoms with Gasteiger partial charge < -0.3 is 14.8 Å². The van der Waals surface area contributed by atoms with E-state index in [-0.39, 0.29) is 11.8 Å². The second kappa shape index (κ2) is 7.67. The number of aryl methyl sites for hydroxylation is 2. The molecule has 0 unspecified atom stereocenters. The first kappa shape index (κ1) is 16.9. The quantitative estimate of drug-likeness (QED) is 0.853. The summed E-state index contributed by atoms with van der Waals surface area (Å²) in [6, 6.07) is 9.57. The number of methoxy groups -OCH3 is 1. The Morgan fingerprint density at radius 3 is 2.70 bits per heavy atom. The molecule has 1 aromatic carbocycles. The maximum absolute atomic E-state index is 12.3. The van der Waals surface area contributed by atoms with E-state index in [2.05, 4.69) is 10.4 Å². The van der Waals surface area contributed by atoms with Crippen molar-refractivity contribution in [2.75, 3.05) is 19.0 Å². The molecule has 1 amide bonds. The van der Waals surface area contributed by atoms with E-state index in [4.69, 9.17) is 9.47 Å². The zero-order chi connectivity index (χ0) is 16.8. The molecule has 6 heteroatoms. The monoisotopic (exact) mass is 317 g/mol. The Kier molecular flexibility index (Phi) is 5.62. The molecule has 0 radical (unpaired) electrons. The molecule has 1 atom stereocenters. The number of hydrogen-bond donors (Lipinski definition) is 1. The largest absolute Gasteiger partial charge is 0.494 e. The van der Waals surface area contributed by atoms with Crippen LogP contribution in [0.15, 0.2) is 30.3 Å². The highest BCUT2D eigenvalue weighted by atomic mass is 16.5. The number of nitrogens with zero attached hydrogens (tertiary/aromatic N) is 2. The second-order valence-electron chi connectivity index (χ2n) is 5.43. The zero-order valence-electron chi connectivity index (χ0n) is 14.0. The fraction of sp³-hybridized carbons (Fsp3) is 0.412. The molecule has 1 N–H and O–H groups in total. The molecule has 0 aliphatic carbocycles. The van der Waals surface area contributed by atoms with Crippen LogP contribution < -0.4 is 14.8 Å². The van der Waals surface area contributed by atoms with Gasteiger partial charge in [0.2, 0.25) is 11.8 Å². The molecule has 0 aliphatic heterocycles. The summed E-state index contributed by atoms with van der Waals surface area (Å²) in [6.45, 7) is 4.20. The number of ether oxygens (including phenoxy) is 2. The number of amides is 1. The minimum absolute atomic E-state index is 0.0731. The molecule has 124 valence electrons. The normalized spacial score (nSPS) is 11.8. The fourth-order valence-electron chi connectivity index (χ4n) is 2.26. The molecule has 1 aromatic heterocycles. The maximum atomic E-state index is 12.3. The van der Waals surface area contributed by atoms with E-state index in [9.17, 15) is 4.79 Å². The van der Waals surface area contributed by atoms with Crippen LogP contribution in [0.5, 0.6) is 11.6 Å². The topological polar surface area (TPSA) is 65.4 Å². The standard InChI is InChI=1S/C17H23N3O3/c1-12(10-11-23-14-8-6-5-7-9-14)16(21)18-15-13(2)19-20(3)17(15)22-4/h5-9,12H,10-11H2,1-4H3,(H,18,21)/t12-/m1/s1. The molecular formula is C17H23N3O3. The highest BCUT2D eigenvalue weighted by molar-refractivity contribution is 5.94. The fourth-order valence-corrected chi connectivity index (χ4v) is 2.26. The van der Waals surface area contributed by atoms with Crippen LogP contribution in [0.4, 0.5) is 5.69 Å². The lowest BCUT2D eigenvalue weighted by atomic mass is 10.1. The van der Waals surface area contributed by atoms with Gasteiger partial charge in [-0.15, -0.1) is 0 Å². The van der Waals surface area contributed by atoms with Crippen molar-refractivity contribution < 1.29 is 14.3 Å². The lowest BCUT2D eigenvalue weighted by molar-refractivity contribution is -0.119. The minimum Gasteiger partial charge on any atom is -0.494 e. The molecule has 0 fully saturated rings. The molecule has 0 aliphatic rings. The van der Waals surface area contributed by atoms with Crippen LogP contribution in [0.25, 0.3) is 0 Å². The van der Waals surface area contributed by atoms with E-state index in [1.54, 1.807) is 18.8 Å². The Labute approximate surface area is 136 Å². The van der Waals surface area contributed by atoms with Crippen LogP contribution >= 0.6 is 0 Å². The molecule has 0 saturated carbocycles. The number of hydrogen-bond acceptors (Lipinski definition) is 4. The van der Waals surface area contributed by atoms with Crippen LogP contribution in [0.2, 0.25) is 0 Å². The summed E-state index contributed by atoms with van der Waals surface area (Å²) in [4.78, 5) is 12.3. The van der Waals surface area contributed by atoms with E-state index in [1.165, 1.54) is 0 Å². The van der Waals surface area contributed by atoms with Crippen molar-refractivity contribution in [1.82, 2.24) is 9.78 Å². The van der Waals surface area contributed by atoms with Gasteiger partial charge in [-0.2, -0.15) is 5.10 Å². The van der Waals surface area contributed by atoms with Gasteiger partial charge in [0, 0.05) is 13.0 Å². The van der Waals surface area contributed by atoms with Crippen molar-refractivity contribution in [1.29, 1.82) is 0 Å². The Hall–Kier alpha value is -2.50. The molecular weight excluding hydrogens is 294 g/mol. The summed E-state index contributed by atoms with van der Waals surface area (Å²) >= 11 is 0. The van der Waals surface area contributed by atoms with Gasteiger partial charge in [0.25, 0.3) is 0 Å². The average Bonchev–Trinajstić information content (AvgIpc) is 2.81. The first-order valence-electron chi connectivity index (χ1n) is 7.59.